The van der Waals surface area contributed by atoms with Gasteiger partial charge in [-0.25, -0.2) is 0 Å². The van der Waals surface area contributed by atoms with Crippen LogP contribution in [0, 0.1) is 0 Å². The van der Waals surface area contributed by atoms with Gasteiger partial charge < -0.3 is 10.3 Å². The van der Waals surface area contributed by atoms with Gasteiger partial charge in [0.1, 0.15) is 5.76 Å². The first-order valence-corrected chi connectivity index (χ1v) is 4.55. The van der Waals surface area contributed by atoms with Crippen LogP contribution in [0.1, 0.15) is 36.6 Å². The summed E-state index contributed by atoms with van der Waals surface area (Å²) in [5.74, 6) is 1.74. The molecule has 1 saturated carbocycles. The summed E-state index contributed by atoms with van der Waals surface area (Å²) in [6.07, 6.45) is 4.49. The Labute approximate surface area is 84.1 Å². The van der Waals surface area contributed by atoms with E-state index in [9.17, 15) is 0 Å². The average Bonchev–Trinajstić information content (AvgIpc) is 2.83. The molecule has 0 aromatic carbocycles. The van der Waals surface area contributed by atoms with Crippen LogP contribution in [-0.2, 0) is 6.42 Å². The molecule has 1 aromatic rings. The molecule has 2 N–H and O–H groups in total. The van der Waals surface area contributed by atoms with Crippen molar-refractivity contribution in [2.24, 2.45) is 5.73 Å². The fourth-order valence-corrected chi connectivity index (χ4v) is 1.29. The Kier molecular flexibility index (Phi) is 3.75. The van der Waals surface area contributed by atoms with Crippen LogP contribution in [0.4, 0.5) is 0 Å². The van der Waals surface area contributed by atoms with Gasteiger partial charge in [-0.3, -0.25) is 0 Å². The highest BCUT2D eigenvalue weighted by Gasteiger charge is 2.27. The van der Waals surface area contributed by atoms with Crippen molar-refractivity contribution >= 4 is 12.4 Å². The van der Waals surface area contributed by atoms with Crippen molar-refractivity contribution in [2.75, 3.05) is 6.54 Å². The number of halogens is 1. The highest BCUT2D eigenvalue weighted by molar-refractivity contribution is 5.85. The van der Waals surface area contributed by atoms with Crippen LogP contribution >= 0.6 is 12.4 Å². The molecule has 0 spiro atoms. The summed E-state index contributed by atoms with van der Waals surface area (Å²) in [5.41, 5.74) is 6.45. The standard InChI is InChI=1S/C9H14N2O.ClH/c10-5-1-2-8-6-9(12-11-8)7-3-4-7;/h6-7H,1-5,10H2;1H. The van der Waals surface area contributed by atoms with E-state index in [1.54, 1.807) is 0 Å². The number of hydrogen-bond donors (Lipinski definition) is 1. The Morgan fingerprint density at radius 3 is 2.92 bits per heavy atom. The first-order valence-electron chi connectivity index (χ1n) is 4.55. The van der Waals surface area contributed by atoms with Gasteiger partial charge in [0.2, 0.25) is 0 Å². The van der Waals surface area contributed by atoms with Crippen LogP contribution in [0.5, 0.6) is 0 Å². The second-order valence-electron chi connectivity index (χ2n) is 3.39. The lowest BCUT2D eigenvalue weighted by atomic mass is 10.2. The van der Waals surface area contributed by atoms with E-state index in [0.29, 0.717) is 5.92 Å². The number of nitrogens with two attached hydrogens (primary N) is 1. The normalized spacial score (nSPS) is 15.5. The third-order valence-electron chi connectivity index (χ3n) is 2.19. The molecular weight excluding hydrogens is 188 g/mol. The summed E-state index contributed by atoms with van der Waals surface area (Å²) in [5, 5.41) is 3.98. The highest BCUT2D eigenvalue weighted by atomic mass is 35.5. The molecule has 3 nitrogen and oxygen atoms in total. The summed E-state index contributed by atoms with van der Waals surface area (Å²) < 4.78 is 5.19. The molecule has 74 valence electrons. The van der Waals surface area contributed by atoms with Gasteiger partial charge in [0.15, 0.2) is 0 Å². The molecule has 0 atom stereocenters. The van der Waals surface area contributed by atoms with E-state index in [4.69, 9.17) is 10.3 Å². The molecule has 0 amide bonds. The Bertz CT molecular complexity index is 258. The van der Waals surface area contributed by atoms with E-state index >= 15 is 0 Å². The fraction of sp³-hybridized carbons (Fsp3) is 0.667. The summed E-state index contributed by atoms with van der Waals surface area (Å²) >= 11 is 0. The van der Waals surface area contributed by atoms with Crippen LogP contribution in [-0.4, -0.2) is 11.7 Å². The maximum Gasteiger partial charge on any atom is 0.140 e. The SMILES string of the molecule is Cl.NCCCc1cc(C2CC2)on1. The molecule has 1 aliphatic carbocycles. The molecule has 0 unspecified atom stereocenters. The average molecular weight is 203 g/mol. The molecule has 0 saturated heterocycles. The molecule has 13 heavy (non-hydrogen) atoms. The molecule has 0 bridgehead atoms. The molecule has 1 heterocycles. The minimum Gasteiger partial charge on any atom is -0.361 e. The zero-order valence-electron chi connectivity index (χ0n) is 7.53. The van der Waals surface area contributed by atoms with Gasteiger partial charge in [0.25, 0.3) is 0 Å². The van der Waals surface area contributed by atoms with E-state index in [-0.39, 0.29) is 12.4 Å². The maximum absolute atomic E-state index is 5.40. The predicted molar refractivity (Wildman–Crippen MR) is 53.1 cm³/mol. The summed E-state index contributed by atoms with van der Waals surface area (Å²) in [7, 11) is 0. The molecular formula is C9H15ClN2O. The first kappa shape index (κ1) is 10.5. The van der Waals surface area contributed by atoms with E-state index in [1.165, 1.54) is 12.8 Å². The van der Waals surface area contributed by atoms with Crippen molar-refractivity contribution in [3.8, 4) is 0 Å². The van der Waals surface area contributed by atoms with Crippen LogP contribution in [0.2, 0.25) is 0 Å². The lowest BCUT2D eigenvalue weighted by Crippen LogP contribution is -2.00. The topological polar surface area (TPSA) is 52.0 Å². The molecule has 1 fully saturated rings. The number of aryl methyl sites for hydroxylation is 1. The number of nitrogens with zero attached hydrogens (tertiary/aromatic N) is 1. The van der Waals surface area contributed by atoms with E-state index < -0.39 is 0 Å². The Morgan fingerprint density at radius 2 is 2.31 bits per heavy atom. The molecule has 4 heteroatoms. The van der Waals surface area contributed by atoms with Gasteiger partial charge in [-0.2, -0.15) is 0 Å². The zero-order chi connectivity index (χ0) is 8.39. The fourth-order valence-electron chi connectivity index (χ4n) is 1.29. The van der Waals surface area contributed by atoms with Crippen molar-refractivity contribution in [1.82, 2.24) is 5.16 Å². The van der Waals surface area contributed by atoms with Crippen LogP contribution in [0.25, 0.3) is 0 Å². The van der Waals surface area contributed by atoms with Gasteiger partial charge in [-0.15, -0.1) is 12.4 Å². The van der Waals surface area contributed by atoms with Gasteiger partial charge in [0, 0.05) is 12.0 Å². The zero-order valence-corrected chi connectivity index (χ0v) is 8.35. The monoisotopic (exact) mass is 202 g/mol. The largest absolute Gasteiger partial charge is 0.361 e. The Hall–Kier alpha value is -0.540. The third kappa shape index (κ3) is 2.71. The molecule has 0 radical (unpaired) electrons. The molecule has 0 aliphatic heterocycles. The smallest absolute Gasteiger partial charge is 0.140 e. The Balaban J connectivity index is 0.000000845. The van der Waals surface area contributed by atoms with Crippen LogP contribution in [0.15, 0.2) is 10.6 Å². The molecule has 1 aromatic heterocycles. The summed E-state index contributed by atoms with van der Waals surface area (Å²) in [6.45, 7) is 0.728. The maximum atomic E-state index is 5.40. The van der Waals surface area contributed by atoms with Crippen molar-refractivity contribution in [2.45, 2.75) is 31.6 Å². The van der Waals surface area contributed by atoms with Crippen LogP contribution in [0.3, 0.4) is 0 Å². The van der Waals surface area contributed by atoms with E-state index in [0.717, 1.165) is 30.8 Å². The third-order valence-corrected chi connectivity index (χ3v) is 2.19. The van der Waals surface area contributed by atoms with E-state index in [1.807, 2.05) is 0 Å². The summed E-state index contributed by atoms with van der Waals surface area (Å²) in [6, 6.07) is 2.08. The minimum absolute atomic E-state index is 0. The van der Waals surface area contributed by atoms with Crippen LogP contribution < -0.4 is 5.73 Å². The van der Waals surface area contributed by atoms with Crippen molar-refractivity contribution in [3.63, 3.8) is 0 Å². The Morgan fingerprint density at radius 1 is 1.54 bits per heavy atom. The molecule has 1 aliphatic rings. The lowest BCUT2D eigenvalue weighted by Gasteiger charge is -1.88. The van der Waals surface area contributed by atoms with Crippen molar-refractivity contribution < 1.29 is 4.52 Å². The second-order valence-corrected chi connectivity index (χ2v) is 3.39. The first-order chi connectivity index (χ1) is 5.90. The van der Waals surface area contributed by atoms with Gasteiger partial charge in [-0.05, 0) is 32.2 Å². The van der Waals surface area contributed by atoms with Crippen molar-refractivity contribution in [1.29, 1.82) is 0 Å². The molecule has 2 rings (SSSR count). The second kappa shape index (κ2) is 4.63. The number of aromatic nitrogens is 1. The highest BCUT2D eigenvalue weighted by Crippen LogP contribution is 2.40. The predicted octanol–water partition coefficient (Wildman–Crippen LogP) is 1.87. The lowest BCUT2D eigenvalue weighted by molar-refractivity contribution is 0.378. The minimum atomic E-state index is 0. The summed E-state index contributed by atoms with van der Waals surface area (Å²) in [4.78, 5) is 0. The van der Waals surface area contributed by atoms with Gasteiger partial charge in [0.05, 0.1) is 5.69 Å². The van der Waals surface area contributed by atoms with Gasteiger partial charge >= 0.3 is 0 Å². The van der Waals surface area contributed by atoms with Gasteiger partial charge in [-0.1, -0.05) is 5.16 Å². The quantitative estimate of drug-likeness (QED) is 0.811. The number of hydrogen-bond acceptors (Lipinski definition) is 3. The van der Waals surface area contributed by atoms with E-state index in [2.05, 4.69) is 11.2 Å². The van der Waals surface area contributed by atoms with Crippen molar-refractivity contribution in [3.05, 3.63) is 17.5 Å². The number of rotatable bonds is 4.